The van der Waals surface area contributed by atoms with Gasteiger partial charge in [0.05, 0.1) is 0 Å². The molecule has 3 amide bonds. The number of nitrogens with zero attached hydrogens (tertiary/aromatic N) is 1. The topological polar surface area (TPSA) is 66.5 Å². The number of hydrogen-bond acceptors (Lipinski definition) is 3. The second-order valence-electron chi connectivity index (χ2n) is 4.39. The quantitative estimate of drug-likeness (QED) is 0.589. The summed E-state index contributed by atoms with van der Waals surface area (Å²) in [5.41, 5.74) is 0.710. The predicted octanol–water partition coefficient (Wildman–Crippen LogP) is 0.302. The maximum atomic E-state index is 12.1. The van der Waals surface area contributed by atoms with Gasteiger partial charge in [-0.15, -0.1) is 0 Å². The Morgan fingerprint density at radius 1 is 1.35 bits per heavy atom. The van der Waals surface area contributed by atoms with Crippen molar-refractivity contribution in [1.29, 1.82) is 0 Å². The molecule has 1 aliphatic heterocycles. The number of rotatable bonds is 1. The lowest BCUT2D eigenvalue weighted by Gasteiger charge is -2.31. The lowest BCUT2D eigenvalue weighted by Crippen LogP contribution is -2.59. The summed E-state index contributed by atoms with van der Waals surface area (Å²) in [6.07, 6.45) is 0.442. The van der Waals surface area contributed by atoms with Crippen molar-refractivity contribution in [2.24, 2.45) is 0 Å². The number of carbonyl (C=O) groups is 3. The Morgan fingerprint density at radius 2 is 2.05 bits per heavy atom. The molecule has 5 nitrogen and oxygen atoms in total. The minimum atomic E-state index is -0.634. The largest absolute Gasteiger partial charge is 0.311 e. The van der Waals surface area contributed by atoms with Crippen LogP contribution in [-0.2, 0) is 14.4 Å². The Balaban J connectivity index is 2.17. The molecule has 1 atom stereocenters. The van der Waals surface area contributed by atoms with Crippen LogP contribution in [0.1, 0.15) is 18.9 Å². The van der Waals surface area contributed by atoms with Gasteiger partial charge in [0.1, 0.15) is 12.6 Å². The van der Waals surface area contributed by atoms with Crippen LogP contribution in [-0.4, -0.2) is 35.2 Å². The van der Waals surface area contributed by atoms with Crippen molar-refractivity contribution in [2.45, 2.75) is 19.4 Å². The number of carbonyl (C=O) groups excluding carboxylic acids is 3. The summed E-state index contributed by atoms with van der Waals surface area (Å²) in [6, 6.07) is 8.43. The molecule has 0 bridgehead atoms. The molecule has 1 aliphatic rings. The molecule has 0 spiro atoms. The molecule has 0 aliphatic carbocycles. The normalized spacial score (nSPS) is 18.1. The van der Waals surface area contributed by atoms with Crippen molar-refractivity contribution >= 4 is 17.7 Å². The highest BCUT2D eigenvalue weighted by atomic mass is 16.2. The van der Waals surface area contributed by atoms with E-state index in [9.17, 15) is 14.4 Å². The van der Waals surface area contributed by atoms with Gasteiger partial charge in [-0.05, 0) is 18.6 Å². The third-order valence-electron chi connectivity index (χ3n) is 2.99. The van der Waals surface area contributed by atoms with Crippen LogP contribution in [0.2, 0.25) is 0 Å². The van der Waals surface area contributed by atoms with Crippen molar-refractivity contribution in [1.82, 2.24) is 10.2 Å². The van der Waals surface area contributed by atoms with Crippen LogP contribution in [0.3, 0.4) is 0 Å². The first-order valence-corrected chi connectivity index (χ1v) is 6.33. The number of hydrogen-bond donors (Lipinski definition) is 1. The Kier molecular flexibility index (Phi) is 4.16. The van der Waals surface area contributed by atoms with Gasteiger partial charge in [-0.2, -0.15) is 0 Å². The van der Waals surface area contributed by atoms with Crippen LogP contribution in [0.5, 0.6) is 0 Å². The van der Waals surface area contributed by atoms with Crippen LogP contribution in [0, 0.1) is 11.8 Å². The summed E-state index contributed by atoms with van der Waals surface area (Å²) in [4.78, 5) is 36.3. The van der Waals surface area contributed by atoms with E-state index in [4.69, 9.17) is 0 Å². The molecule has 1 N–H and O–H groups in total. The van der Waals surface area contributed by atoms with E-state index in [0.29, 0.717) is 12.0 Å². The van der Waals surface area contributed by atoms with E-state index >= 15 is 0 Å². The SMILES string of the molecule is CCC1C(=O)NC(=O)CN1C(=O)C#Cc1ccccc1. The molecule has 102 valence electrons. The lowest BCUT2D eigenvalue weighted by atomic mass is 10.1. The van der Waals surface area contributed by atoms with Crippen LogP contribution in [0.4, 0.5) is 0 Å². The Hall–Kier alpha value is -2.61. The zero-order valence-electron chi connectivity index (χ0n) is 11.1. The fourth-order valence-corrected chi connectivity index (χ4v) is 2.00. The summed E-state index contributed by atoms with van der Waals surface area (Å²) in [7, 11) is 0. The number of nitrogens with one attached hydrogen (secondary N) is 1. The molecule has 1 saturated heterocycles. The highest BCUT2D eigenvalue weighted by molar-refractivity contribution is 6.07. The van der Waals surface area contributed by atoms with Gasteiger partial charge < -0.3 is 4.90 Å². The van der Waals surface area contributed by atoms with Crippen molar-refractivity contribution in [3.05, 3.63) is 35.9 Å². The van der Waals surface area contributed by atoms with E-state index in [0.717, 1.165) is 0 Å². The molecule has 5 heteroatoms. The first-order valence-electron chi connectivity index (χ1n) is 6.33. The van der Waals surface area contributed by atoms with E-state index in [-0.39, 0.29) is 6.54 Å². The molecule has 1 fully saturated rings. The smallest absolute Gasteiger partial charge is 0.299 e. The molecule has 0 aromatic heterocycles. The molecule has 1 aromatic rings. The molecule has 0 radical (unpaired) electrons. The summed E-state index contributed by atoms with van der Waals surface area (Å²) in [5.74, 6) is 3.78. The average molecular weight is 270 g/mol. The molecular weight excluding hydrogens is 256 g/mol. The van der Waals surface area contributed by atoms with Gasteiger partial charge in [0, 0.05) is 11.5 Å². The Labute approximate surface area is 117 Å². The van der Waals surface area contributed by atoms with Gasteiger partial charge in [0.2, 0.25) is 11.8 Å². The van der Waals surface area contributed by atoms with E-state index < -0.39 is 23.8 Å². The van der Waals surface area contributed by atoms with Crippen LogP contribution < -0.4 is 5.32 Å². The highest BCUT2D eigenvalue weighted by Gasteiger charge is 2.34. The molecular formula is C15H14N2O3. The zero-order chi connectivity index (χ0) is 14.5. The van der Waals surface area contributed by atoms with Gasteiger partial charge in [-0.3, -0.25) is 19.7 Å². The number of imide groups is 1. The van der Waals surface area contributed by atoms with Gasteiger partial charge in [-0.25, -0.2) is 0 Å². The fourth-order valence-electron chi connectivity index (χ4n) is 2.00. The predicted molar refractivity (Wildman–Crippen MR) is 72.3 cm³/mol. The van der Waals surface area contributed by atoms with E-state index in [1.165, 1.54) is 4.90 Å². The number of piperazine rings is 1. The Morgan fingerprint density at radius 3 is 2.70 bits per heavy atom. The minimum absolute atomic E-state index is 0.132. The van der Waals surface area contributed by atoms with Gasteiger partial charge >= 0.3 is 0 Å². The summed E-state index contributed by atoms with van der Waals surface area (Å²) < 4.78 is 0. The van der Waals surface area contributed by atoms with Crippen LogP contribution in [0.25, 0.3) is 0 Å². The zero-order valence-corrected chi connectivity index (χ0v) is 11.1. The summed E-state index contributed by atoms with van der Waals surface area (Å²) in [5, 5.41) is 2.22. The monoisotopic (exact) mass is 270 g/mol. The molecule has 2 rings (SSSR count). The molecule has 1 aromatic carbocycles. The first-order chi connectivity index (χ1) is 9.61. The number of benzene rings is 1. The van der Waals surface area contributed by atoms with Crippen molar-refractivity contribution in [3.8, 4) is 11.8 Å². The second kappa shape index (κ2) is 6.02. The van der Waals surface area contributed by atoms with Gasteiger partial charge in [0.15, 0.2) is 0 Å². The first kappa shape index (κ1) is 13.8. The molecule has 0 saturated carbocycles. The standard InChI is InChI=1S/C15H14N2O3/c1-2-12-15(20)16-13(18)10-17(12)14(19)9-8-11-6-4-3-5-7-11/h3-7,12H,2,10H2,1H3,(H,16,18,20). The lowest BCUT2D eigenvalue weighted by molar-refractivity contribution is -0.147. The van der Waals surface area contributed by atoms with E-state index in [1.807, 2.05) is 18.2 Å². The third-order valence-corrected chi connectivity index (χ3v) is 2.99. The summed E-state index contributed by atoms with van der Waals surface area (Å²) >= 11 is 0. The summed E-state index contributed by atoms with van der Waals surface area (Å²) in [6.45, 7) is 1.65. The minimum Gasteiger partial charge on any atom is -0.311 e. The Bertz CT molecular complexity index is 599. The van der Waals surface area contributed by atoms with Crippen molar-refractivity contribution in [2.75, 3.05) is 6.54 Å². The van der Waals surface area contributed by atoms with Crippen LogP contribution >= 0.6 is 0 Å². The van der Waals surface area contributed by atoms with E-state index in [1.54, 1.807) is 19.1 Å². The third kappa shape index (κ3) is 3.04. The second-order valence-corrected chi connectivity index (χ2v) is 4.39. The average Bonchev–Trinajstić information content (AvgIpc) is 2.45. The maximum absolute atomic E-state index is 12.1. The van der Waals surface area contributed by atoms with Crippen molar-refractivity contribution in [3.63, 3.8) is 0 Å². The van der Waals surface area contributed by atoms with Crippen molar-refractivity contribution < 1.29 is 14.4 Å². The van der Waals surface area contributed by atoms with Gasteiger partial charge in [0.25, 0.3) is 5.91 Å². The van der Waals surface area contributed by atoms with Gasteiger partial charge in [-0.1, -0.05) is 31.0 Å². The maximum Gasteiger partial charge on any atom is 0.299 e. The van der Waals surface area contributed by atoms with E-state index in [2.05, 4.69) is 17.2 Å². The van der Waals surface area contributed by atoms with Crippen LogP contribution in [0.15, 0.2) is 30.3 Å². The highest BCUT2D eigenvalue weighted by Crippen LogP contribution is 2.09. The molecule has 1 unspecified atom stereocenters. The number of amides is 3. The molecule has 1 heterocycles. The fraction of sp³-hybridized carbons (Fsp3) is 0.267. The molecule has 20 heavy (non-hydrogen) atoms.